The predicted molar refractivity (Wildman–Crippen MR) is 45.3 cm³/mol. The highest BCUT2D eigenvalue weighted by Crippen LogP contribution is 2.10. The van der Waals surface area contributed by atoms with Gasteiger partial charge in [0, 0.05) is 12.3 Å². The Balaban J connectivity index is 2.86. The van der Waals surface area contributed by atoms with Crippen LogP contribution in [0.4, 0.5) is 11.5 Å². The Labute approximate surface area is 69.6 Å². The summed E-state index contributed by atoms with van der Waals surface area (Å²) in [5.74, 6) is 0.779. The van der Waals surface area contributed by atoms with Crippen LogP contribution < -0.4 is 11.5 Å². The minimum Gasteiger partial charge on any atom is -0.396 e. The molecule has 11 heavy (non-hydrogen) atoms. The molecule has 0 bridgehead atoms. The van der Waals surface area contributed by atoms with E-state index in [-0.39, 0.29) is 5.82 Å². The van der Waals surface area contributed by atoms with E-state index < -0.39 is 0 Å². The molecule has 0 aliphatic rings. The van der Waals surface area contributed by atoms with Crippen LogP contribution in [0.2, 0.25) is 0 Å². The zero-order valence-corrected chi connectivity index (χ0v) is 6.67. The van der Waals surface area contributed by atoms with Gasteiger partial charge in [-0.05, 0) is 6.07 Å². The predicted octanol–water partition coefficient (Wildman–Crippen LogP) is 0.422. The van der Waals surface area contributed by atoms with Crippen LogP contribution in [-0.4, -0.2) is 16.1 Å². The fraction of sp³-hybridized carbons (Fsp3) is 0.333. The molecular weight excluding hydrogens is 164 g/mol. The number of alkyl halides is 1. The van der Waals surface area contributed by atoms with E-state index in [2.05, 4.69) is 10.2 Å². The molecule has 0 atom stereocenters. The highest BCUT2D eigenvalue weighted by molar-refractivity contribution is 6.17. The number of hydrogen-bond acceptors (Lipinski definition) is 4. The van der Waals surface area contributed by atoms with Gasteiger partial charge in [0.05, 0.1) is 11.4 Å². The third-order valence-electron chi connectivity index (χ3n) is 1.25. The molecule has 1 rings (SSSR count). The quantitative estimate of drug-likeness (QED) is 0.634. The molecule has 4 N–H and O–H groups in total. The van der Waals surface area contributed by atoms with E-state index in [1.54, 1.807) is 6.07 Å². The third kappa shape index (κ3) is 1.94. The van der Waals surface area contributed by atoms with Crippen molar-refractivity contribution in [3.63, 3.8) is 0 Å². The summed E-state index contributed by atoms with van der Waals surface area (Å²) in [5, 5.41) is 7.43. The lowest BCUT2D eigenvalue weighted by atomic mass is 10.3. The van der Waals surface area contributed by atoms with Crippen LogP contribution in [-0.2, 0) is 6.42 Å². The van der Waals surface area contributed by atoms with Crippen molar-refractivity contribution in [1.29, 1.82) is 0 Å². The minimum absolute atomic E-state index is 0.267. The van der Waals surface area contributed by atoms with Crippen LogP contribution in [0, 0.1) is 0 Å². The van der Waals surface area contributed by atoms with Gasteiger partial charge >= 0.3 is 0 Å². The summed E-state index contributed by atoms with van der Waals surface area (Å²) in [4.78, 5) is 0. The summed E-state index contributed by atoms with van der Waals surface area (Å²) in [5.41, 5.74) is 12.1. The normalized spacial score (nSPS) is 9.91. The fourth-order valence-corrected chi connectivity index (χ4v) is 0.871. The SMILES string of the molecule is Nc1cc(CCCl)nnc1N. The average molecular weight is 173 g/mol. The monoisotopic (exact) mass is 172 g/mol. The van der Waals surface area contributed by atoms with Gasteiger partial charge in [-0.1, -0.05) is 0 Å². The van der Waals surface area contributed by atoms with Crippen LogP contribution in [0.1, 0.15) is 5.69 Å². The molecule has 1 aromatic heterocycles. The van der Waals surface area contributed by atoms with Crippen molar-refractivity contribution in [2.75, 3.05) is 17.3 Å². The smallest absolute Gasteiger partial charge is 0.169 e. The molecule has 0 amide bonds. The van der Waals surface area contributed by atoms with Gasteiger partial charge in [-0.15, -0.1) is 16.7 Å². The Hall–Kier alpha value is -1.03. The summed E-state index contributed by atoms with van der Waals surface area (Å²) in [7, 11) is 0. The van der Waals surface area contributed by atoms with E-state index in [0.29, 0.717) is 18.0 Å². The second-order valence-corrected chi connectivity index (χ2v) is 2.49. The number of nitrogens with two attached hydrogens (primary N) is 2. The molecule has 0 unspecified atom stereocenters. The molecule has 0 spiro atoms. The summed E-state index contributed by atoms with van der Waals surface area (Å²) in [6, 6.07) is 1.69. The first-order valence-corrected chi connectivity index (χ1v) is 3.71. The van der Waals surface area contributed by atoms with Crippen LogP contribution in [0.25, 0.3) is 0 Å². The van der Waals surface area contributed by atoms with Crippen molar-refractivity contribution in [2.45, 2.75) is 6.42 Å². The topological polar surface area (TPSA) is 77.8 Å². The molecule has 5 heteroatoms. The average Bonchev–Trinajstić information content (AvgIpc) is 1.98. The van der Waals surface area contributed by atoms with Crippen LogP contribution >= 0.6 is 11.6 Å². The molecular formula is C6H9ClN4. The second kappa shape index (κ2) is 3.39. The van der Waals surface area contributed by atoms with Crippen LogP contribution in [0.5, 0.6) is 0 Å². The molecule has 4 nitrogen and oxygen atoms in total. The highest BCUT2D eigenvalue weighted by Gasteiger charge is 1.98. The number of anilines is 2. The summed E-state index contributed by atoms with van der Waals surface area (Å²) in [6.07, 6.45) is 0.666. The lowest BCUT2D eigenvalue weighted by Crippen LogP contribution is -2.03. The largest absolute Gasteiger partial charge is 0.396 e. The Kier molecular flexibility index (Phi) is 2.48. The van der Waals surface area contributed by atoms with E-state index in [1.807, 2.05) is 0 Å². The van der Waals surface area contributed by atoms with Gasteiger partial charge in [-0.2, -0.15) is 5.10 Å². The standard InChI is InChI=1S/C6H9ClN4/c7-2-1-4-3-5(8)6(9)11-10-4/h3H,1-2H2,(H2,8,10)(H2,9,11). The molecule has 1 aromatic rings. The van der Waals surface area contributed by atoms with Crippen molar-refractivity contribution in [3.05, 3.63) is 11.8 Å². The zero-order valence-electron chi connectivity index (χ0n) is 5.92. The van der Waals surface area contributed by atoms with Gasteiger partial charge in [0.15, 0.2) is 5.82 Å². The number of aromatic nitrogens is 2. The minimum atomic E-state index is 0.267. The van der Waals surface area contributed by atoms with Crippen molar-refractivity contribution in [2.24, 2.45) is 0 Å². The molecule has 0 aromatic carbocycles. The number of halogens is 1. The first kappa shape index (κ1) is 8.07. The molecule has 0 saturated heterocycles. The highest BCUT2D eigenvalue weighted by atomic mass is 35.5. The van der Waals surface area contributed by atoms with E-state index in [9.17, 15) is 0 Å². The molecule has 0 aliphatic carbocycles. The fourth-order valence-electron chi connectivity index (χ4n) is 0.677. The van der Waals surface area contributed by atoms with Gasteiger partial charge in [0.1, 0.15) is 0 Å². The lowest BCUT2D eigenvalue weighted by Gasteiger charge is -1.99. The molecule has 0 aliphatic heterocycles. The number of rotatable bonds is 2. The van der Waals surface area contributed by atoms with Crippen molar-refractivity contribution >= 4 is 23.1 Å². The van der Waals surface area contributed by atoms with E-state index in [0.717, 1.165) is 5.69 Å². The van der Waals surface area contributed by atoms with Crippen molar-refractivity contribution in [3.8, 4) is 0 Å². The third-order valence-corrected chi connectivity index (χ3v) is 1.44. The van der Waals surface area contributed by atoms with E-state index in [1.165, 1.54) is 0 Å². The Bertz CT molecular complexity index is 250. The Morgan fingerprint density at radius 1 is 1.36 bits per heavy atom. The molecule has 60 valence electrons. The first-order chi connectivity index (χ1) is 5.24. The first-order valence-electron chi connectivity index (χ1n) is 3.17. The van der Waals surface area contributed by atoms with Gasteiger partial charge in [-0.25, -0.2) is 0 Å². The second-order valence-electron chi connectivity index (χ2n) is 2.12. The van der Waals surface area contributed by atoms with Gasteiger partial charge in [0.25, 0.3) is 0 Å². The van der Waals surface area contributed by atoms with Crippen molar-refractivity contribution in [1.82, 2.24) is 10.2 Å². The maximum Gasteiger partial charge on any atom is 0.169 e. The lowest BCUT2D eigenvalue weighted by molar-refractivity contribution is 0.932. The van der Waals surface area contributed by atoms with E-state index >= 15 is 0 Å². The molecule has 0 fully saturated rings. The van der Waals surface area contributed by atoms with Gasteiger partial charge in [-0.3, -0.25) is 0 Å². The maximum absolute atomic E-state index is 5.49. The molecule has 0 saturated carbocycles. The Morgan fingerprint density at radius 3 is 2.64 bits per heavy atom. The zero-order chi connectivity index (χ0) is 8.27. The van der Waals surface area contributed by atoms with Gasteiger partial charge < -0.3 is 11.5 Å². The Morgan fingerprint density at radius 2 is 2.09 bits per heavy atom. The molecule has 0 radical (unpaired) electrons. The maximum atomic E-state index is 5.49. The number of aryl methyl sites for hydroxylation is 1. The summed E-state index contributed by atoms with van der Waals surface area (Å²) < 4.78 is 0. The molecule has 1 heterocycles. The number of hydrogen-bond donors (Lipinski definition) is 2. The van der Waals surface area contributed by atoms with Crippen molar-refractivity contribution < 1.29 is 0 Å². The summed E-state index contributed by atoms with van der Waals surface area (Å²) >= 11 is 5.49. The van der Waals surface area contributed by atoms with Crippen LogP contribution in [0.3, 0.4) is 0 Å². The van der Waals surface area contributed by atoms with Gasteiger partial charge in [0.2, 0.25) is 0 Å². The number of nitrogens with zero attached hydrogens (tertiary/aromatic N) is 2. The summed E-state index contributed by atoms with van der Waals surface area (Å²) in [6.45, 7) is 0. The van der Waals surface area contributed by atoms with Crippen LogP contribution in [0.15, 0.2) is 6.07 Å². The number of nitrogen functional groups attached to an aromatic ring is 2. The van der Waals surface area contributed by atoms with E-state index in [4.69, 9.17) is 23.1 Å².